The molecule has 12 rings (SSSR count). The third kappa shape index (κ3) is 4.83. The Balaban J connectivity index is 1.03. The van der Waals surface area contributed by atoms with E-state index in [1.54, 1.807) is 0 Å². The Hall–Kier alpha value is -7.39. The van der Waals surface area contributed by atoms with Crippen LogP contribution in [0.15, 0.2) is 231 Å². The molecule has 0 fully saturated rings. The monoisotopic (exact) mass is 798 g/mol. The van der Waals surface area contributed by atoms with E-state index >= 15 is 0 Å². The third-order valence-corrected chi connectivity index (χ3v) is 22.7. The molecule has 60 heavy (non-hydrogen) atoms. The molecule has 4 nitrogen and oxygen atoms in total. The van der Waals surface area contributed by atoms with E-state index in [1.807, 2.05) is 12.4 Å². The van der Waals surface area contributed by atoms with Gasteiger partial charge in [0.25, 0.3) is 0 Å². The number of hydrogen-bond acceptors (Lipinski definition) is 2. The molecule has 0 aliphatic carbocycles. The lowest BCUT2D eigenvalue weighted by atomic mass is 10.1. The summed E-state index contributed by atoms with van der Waals surface area (Å²) >= 11 is 0. The summed E-state index contributed by atoms with van der Waals surface area (Å²) in [5.41, 5.74) is 7.39. The van der Waals surface area contributed by atoms with Gasteiger partial charge in [-0.15, -0.1) is 0 Å². The number of benzene rings is 8. The molecule has 0 saturated heterocycles. The van der Waals surface area contributed by atoms with Crippen LogP contribution in [0.4, 0.5) is 0 Å². The van der Waals surface area contributed by atoms with Crippen molar-refractivity contribution in [2.75, 3.05) is 0 Å². The summed E-state index contributed by atoms with van der Waals surface area (Å²) in [5, 5.41) is 11.2. The van der Waals surface area contributed by atoms with Crippen molar-refractivity contribution in [2.45, 2.75) is 0 Å². The van der Waals surface area contributed by atoms with Gasteiger partial charge in [-0.25, -0.2) is 9.97 Å². The summed E-state index contributed by atoms with van der Waals surface area (Å²) in [7, 11) is -5.35. The highest BCUT2D eigenvalue weighted by Gasteiger charge is 2.50. The van der Waals surface area contributed by atoms with Gasteiger partial charge in [0.15, 0.2) is 27.8 Å². The van der Waals surface area contributed by atoms with Crippen LogP contribution >= 0.6 is 0 Å². The summed E-state index contributed by atoms with van der Waals surface area (Å²) in [6, 6.07) is 76.8. The van der Waals surface area contributed by atoms with Gasteiger partial charge in [0.05, 0.1) is 0 Å². The minimum Gasteiger partial charge on any atom is -0.297 e. The second-order valence-electron chi connectivity index (χ2n) is 15.8. The zero-order valence-corrected chi connectivity index (χ0v) is 34.7. The molecule has 8 aromatic carbocycles. The van der Waals surface area contributed by atoms with Gasteiger partial charge in [-0.3, -0.25) is 9.13 Å². The maximum Gasteiger partial charge on any atom is 0.181 e. The first kappa shape index (κ1) is 34.6. The maximum absolute atomic E-state index is 5.04. The van der Waals surface area contributed by atoms with Crippen LogP contribution < -0.4 is 41.5 Å². The average molecular weight is 799 g/mol. The Labute approximate surface area is 351 Å². The van der Waals surface area contributed by atoms with Gasteiger partial charge in [0.1, 0.15) is 0 Å². The summed E-state index contributed by atoms with van der Waals surface area (Å²) in [4.78, 5) is 10.1. The van der Waals surface area contributed by atoms with Gasteiger partial charge < -0.3 is 0 Å². The minimum atomic E-state index is -2.67. The maximum atomic E-state index is 5.04. The number of aromatic nitrogens is 4. The number of nitrogens with zero attached hydrogens (tertiary/aromatic N) is 4. The van der Waals surface area contributed by atoms with Crippen LogP contribution in [0.1, 0.15) is 0 Å². The normalized spacial score (nSPS) is 13.9. The predicted octanol–water partition coefficient (Wildman–Crippen LogP) is 6.44. The molecule has 0 spiro atoms. The Kier molecular flexibility index (Phi) is 7.85. The molecule has 0 amide bonds. The smallest absolute Gasteiger partial charge is 0.181 e. The third-order valence-electron chi connectivity index (χ3n) is 12.9. The molecule has 6 heteroatoms. The molecule has 0 atom stereocenters. The van der Waals surface area contributed by atoms with Crippen molar-refractivity contribution >= 4 is 57.6 Å². The topological polar surface area (TPSA) is 35.6 Å². The molecular formula is C54H38N4Si2. The molecule has 0 radical (unpaired) electrons. The SMILES string of the molecule is c1ccc([Si]2(c3ccccc3)c3ccccc3-c3ccc(-n4ccnc4-c4nccn4-c4ccc5c(c4)[Si](c4ccccc4)(c4ccccc4)c4ccccc4-5)cc32)cc1. The van der Waals surface area contributed by atoms with Crippen LogP contribution in [0.3, 0.4) is 0 Å². The van der Waals surface area contributed by atoms with Crippen LogP contribution in [0.5, 0.6) is 0 Å². The first-order chi connectivity index (χ1) is 29.8. The van der Waals surface area contributed by atoms with Crippen molar-refractivity contribution in [2.24, 2.45) is 0 Å². The van der Waals surface area contributed by atoms with Gasteiger partial charge in [0, 0.05) is 36.2 Å². The highest BCUT2D eigenvalue weighted by molar-refractivity contribution is 7.23. The van der Waals surface area contributed by atoms with Crippen molar-refractivity contribution in [3.05, 3.63) is 231 Å². The zero-order chi connectivity index (χ0) is 39.7. The fraction of sp³-hybridized carbons (Fsp3) is 0. The van der Waals surface area contributed by atoms with Crippen molar-refractivity contribution in [1.29, 1.82) is 0 Å². The van der Waals surface area contributed by atoms with E-state index in [0.717, 1.165) is 23.0 Å². The molecular weight excluding hydrogens is 761 g/mol. The second-order valence-corrected chi connectivity index (χ2v) is 23.2. The molecule has 2 aromatic heterocycles. The van der Waals surface area contributed by atoms with Crippen LogP contribution in [-0.4, -0.2) is 35.2 Å². The average Bonchev–Trinajstić information content (AvgIpc) is 4.13. The standard InChI is InChI=1S/C54H38N4Si2/c1-5-17-41(18-6-1)59(42-19-7-2-8-20-42)49-27-15-13-25-45(49)47-31-29-39(37-51(47)59)57-35-33-55-53(57)54-56-34-36-58(54)40-30-32-48-46-26-14-16-28-50(46)60(52(48)38-40,43-21-9-3-10-22-43)44-23-11-4-12-24-44/h1-38H. The molecule has 2 aliphatic rings. The summed E-state index contributed by atoms with van der Waals surface area (Å²) in [6.07, 6.45) is 7.96. The van der Waals surface area contributed by atoms with E-state index in [0.29, 0.717) is 0 Å². The van der Waals surface area contributed by atoms with Crippen molar-refractivity contribution in [1.82, 2.24) is 19.1 Å². The summed E-state index contributed by atoms with van der Waals surface area (Å²) < 4.78 is 4.43. The zero-order valence-electron chi connectivity index (χ0n) is 32.7. The highest BCUT2D eigenvalue weighted by atomic mass is 28.3. The van der Waals surface area contributed by atoms with Crippen molar-refractivity contribution < 1.29 is 0 Å². The van der Waals surface area contributed by atoms with E-state index in [2.05, 4.69) is 228 Å². The van der Waals surface area contributed by atoms with Crippen LogP contribution in [0.2, 0.25) is 0 Å². The van der Waals surface area contributed by atoms with E-state index in [4.69, 9.17) is 9.97 Å². The van der Waals surface area contributed by atoms with Crippen molar-refractivity contribution in [3.8, 4) is 45.3 Å². The molecule has 10 aromatic rings. The summed E-state index contributed by atoms with van der Waals surface area (Å²) in [6.45, 7) is 0. The fourth-order valence-corrected chi connectivity index (χ4v) is 20.9. The lowest BCUT2D eigenvalue weighted by Gasteiger charge is -2.31. The summed E-state index contributed by atoms with van der Waals surface area (Å²) in [5.74, 6) is 1.58. The Morgan fingerprint density at radius 3 is 0.983 bits per heavy atom. The van der Waals surface area contributed by atoms with Gasteiger partial charge >= 0.3 is 0 Å². The lowest BCUT2D eigenvalue weighted by Crippen LogP contribution is -2.72. The molecule has 0 unspecified atom stereocenters. The first-order valence-corrected chi connectivity index (χ1v) is 24.6. The first-order valence-electron chi connectivity index (χ1n) is 20.6. The van der Waals surface area contributed by atoms with Crippen molar-refractivity contribution in [3.63, 3.8) is 0 Å². The fourth-order valence-electron chi connectivity index (χ4n) is 10.5. The predicted molar refractivity (Wildman–Crippen MR) is 251 cm³/mol. The van der Waals surface area contributed by atoms with E-state index in [1.165, 1.54) is 63.7 Å². The Bertz CT molecular complexity index is 2910. The van der Waals surface area contributed by atoms with Gasteiger partial charge in [0.2, 0.25) is 0 Å². The largest absolute Gasteiger partial charge is 0.297 e. The van der Waals surface area contributed by atoms with Crippen LogP contribution in [0, 0.1) is 0 Å². The molecule has 282 valence electrons. The Morgan fingerprint density at radius 2 is 0.617 bits per heavy atom. The van der Waals surface area contributed by atoms with Gasteiger partial charge in [-0.2, -0.15) is 0 Å². The molecule has 0 N–H and O–H groups in total. The molecule has 0 bridgehead atoms. The quantitative estimate of drug-likeness (QED) is 0.174. The minimum absolute atomic E-state index is 0.792. The van der Waals surface area contributed by atoms with Gasteiger partial charge in [-0.05, 0) is 88.0 Å². The number of hydrogen-bond donors (Lipinski definition) is 0. The second kappa shape index (κ2) is 13.6. The number of imidazole rings is 2. The molecule has 2 aliphatic heterocycles. The number of fused-ring (bicyclic) bond motifs is 6. The lowest BCUT2D eigenvalue weighted by molar-refractivity contribution is 0.989. The molecule has 0 saturated carbocycles. The van der Waals surface area contributed by atoms with E-state index in [-0.39, 0.29) is 0 Å². The number of rotatable bonds is 7. The van der Waals surface area contributed by atoms with Crippen LogP contribution in [0.25, 0.3) is 45.3 Å². The van der Waals surface area contributed by atoms with Crippen LogP contribution in [-0.2, 0) is 0 Å². The van der Waals surface area contributed by atoms with E-state index in [9.17, 15) is 0 Å². The molecule has 4 heterocycles. The Morgan fingerprint density at radius 1 is 0.300 bits per heavy atom. The van der Waals surface area contributed by atoms with Gasteiger partial charge in [-0.1, -0.05) is 182 Å². The highest BCUT2D eigenvalue weighted by Crippen LogP contribution is 2.33. The van der Waals surface area contributed by atoms with E-state index < -0.39 is 16.1 Å².